The van der Waals surface area contributed by atoms with Crippen molar-refractivity contribution in [2.75, 3.05) is 46.6 Å². The van der Waals surface area contributed by atoms with E-state index in [4.69, 9.17) is 18.9 Å². The van der Waals surface area contributed by atoms with Gasteiger partial charge in [-0.3, -0.25) is 19.2 Å². The van der Waals surface area contributed by atoms with Crippen LogP contribution in [0.2, 0.25) is 0 Å². The lowest BCUT2D eigenvalue weighted by atomic mass is 9.94. The van der Waals surface area contributed by atoms with Crippen LogP contribution in [0.3, 0.4) is 0 Å². The van der Waals surface area contributed by atoms with Crippen LogP contribution in [0, 0.1) is 11.8 Å². The van der Waals surface area contributed by atoms with Crippen molar-refractivity contribution in [2.24, 2.45) is 11.8 Å². The Morgan fingerprint density at radius 1 is 0.452 bits per heavy atom. The number of likely N-dealkylation sites (N-methyl/N-ethyl adjacent to an activating group) is 1. The second-order valence-corrected chi connectivity index (χ2v) is 18.1. The molecule has 0 aliphatic rings. The van der Waals surface area contributed by atoms with E-state index in [2.05, 4.69) is 27.7 Å². The van der Waals surface area contributed by atoms with Gasteiger partial charge in [-0.15, -0.1) is 0 Å². The maximum Gasteiger partial charge on any atom is 0.308 e. The van der Waals surface area contributed by atoms with Crippen molar-refractivity contribution in [3.05, 3.63) is 0 Å². The fourth-order valence-electron chi connectivity index (χ4n) is 8.00. The number of ether oxygens (including phenoxy) is 4. The number of carbonyl (C=O) groups excluding carboxylic acids is 4. The maximum absolute atomic E-state index is 12.9. The molecule has 0 heterocycles. The van der Waals surface area contributed by atoms with E-state index in [1.807, 2.05) is 11.9 Å². The largest absolute Gasteiger partial charge is 0.465 e. The molecule has 1 N–H and O–H groups in total. The molecule has 0 spiro atoms. The molecule has 0 radical (unpaired) electrons. The van der Waals surface area contributed by atoms with Crippen molar-refractivity contribution < 1.29 is 43.2 Å². The van der Waals surface area contributed by atoms with E-state index in [-0.39, 0.29) is 61.8 Å². The van der Waals surface area contributed by atoms with Crippen molar-refractivity contribution in [1.29, 1.82) is 0 Å². The molecule has 0 fully saturated rings. The molecule has 0 saturated carbocycles. The Balaban J connectivity index is 4.48. The Hall–Kier alpha value is -2.20. The summed E-state index contributed by atoms with van der Waals surface area (Å²) in [6.45, 7) is 10.4. The Morgan fingerprint density at radius 3 is 1.23 bits per heavy atom. The van der Waals surface area contributed by atoms with Crippen molar-refractivity contribution in [3.63, 3.8) is 0 Å². The van der Waals surface area contributed by atoms with Gasteiger partial charge in [-0.25, -0.2) is 0 Å². The van der Waals surface area contributed by atoms with Crippen LogP contribution in [0.25, 0.3) is 0 Å². The van der Waals surface area contributed by atoms with E-state index < -0.39 is 6.10 Å². The van der Waals surface area contributed by atoms with Crippen molar-refractivity contribution in [2.45, 2.75) is 252 Å². The minimum Gasteiger partial charge on any atom is -0.465 e. The first-order chi connectivity index (χ1) is 30.2. The number of aliphatic hydroxyl groups excluding tert-OH is 1. The zero-order valence-corrected chi connectivity index (χ0v) is 41.2. The Bertz CT molecular complexity index is 1040. The Kier molecular flexibility index (Phi) is 43.8. The highest BCUT2D eigenvalue weighted by atomic mass is 16.6. The zero-order chi connectivity index (χ0) is 45.7. The predicted molar refractivity (Wildman–Crippen MR) is 254 cm³/mol. The Labute approximate surface area is 381 Å². The average molecular weight is 882 g/mol. The first kappa shape index (κ1) is 59.8. The van der Waals surface area contributed by atoms with Gasteiger partial charge in [0.05, 0.1) is 31.7 Å². The molecular formula is C52H99NO9. The fraction of sp³-hybridized carbons (Fsp3) is 0.923. The number of hydrogen-bond donors (Lipinski definition) is 1. The molecule has 0 aromatic heterocycles. The molecule has 3 atom stereocenters. The van der Waals surface area contributed by atoms with E-state index in [0.29, 0.717) is 39.1 Å². The molecule has 62 heavy (non-hydrogen) atoms. The molecule has 0 saturated heterocycles. The van der Waals surface area contributed by atoms with Crippen LogP contribution in [-0.4, -0.2) is 86.6 Å². The van der Waals surface area contributed by atoms with Crippen LogP contribution in [0.15, 0.2) is 0 Å². The third-order valence-electron chi connectivity index (χ3n) is 12.1. The fourth-order valence-corrected chi connectivity index (χ4v) is 8.00. The molecule has 0 aromatic carbocycles. The molecule has 10 heteroatoms. The molecule has 366 valence electrons. The highest BCUT2D eigenvalue weighted by Gasteiger charge is 2.22. The lowest BCUT2D eigenvalue weighted by molar-refractivity contribution is -0.160. The van der Waals surface area contributed by atoms with Gasteiger partial charge >= 0.3 is 23.9 Å². The summed E-state index contributed by atoms with van der Waals surface area (Å²) in [7, 11) is 1.83. The van der Waals surface area contributed by atoms with Gasteiger partial charge in [0, 0.05) is 25.9 Å². The minimum absolute atomic E-state index is 0.00760. The summed E-state index contributed by atoms with van der Waals surface area (Å²) in [4.78, 5) is 53.1. The van der Waals surface area contributed by atoms with Gasteiger partial charge in [0.15, 0.2) is 0 Å². The van der Waals surface area contributed by atoms with Gasteiger partial charge in [-0.2, -0.15) is 0 Å². The van der Waals surface area contributed by atoms with Gasteiger partial charge in [-0.1, -0.05) is 182 Å². The van der Waals surface area contributed by atoms with E-state index in [0.717, 1.165) is 89.9 Å². The zero-order valence-electron chi connectivity index (χ0n) is 41.2. The van der Waals surface area contributed by atoms with Crippen LogP contribution < -0.4 is 0 Å². The molecule has 10 nitrogen and oxygen atoms in total. The predicted octanol–water partition coefficient (Wildman–Crippen LogP) is 13.0. The van der Waals surface area contributed by atoms with Crippen LogP contribution in [-0.2, 0) is 38.1 Å². The Morgan fingerprint density at radius 2 is 0.806 bits per heavy atom. The molecule has 0 rings (SSSR count). The first-order valence-corrected chi connectivity index (χ1v) is 26.2. The van der Waals surface area contributed by atoms with E-state index in [1.54, 1.807) is 0 Å². The summed E-state index contributed by atoms with van der Waals surface area (Å²) in [6, 6.07) is 0. The normalized spacial score (nSPS) is 12.9. The topological polar surface area (TPSA) is 129 Å². The van der Waals surface area contributed by atoms with Crippen molar-refractivity contribution in [3.8, 4) is 0 Å². The highest BCUT2D eigenvalue weighted by Crippen LogP contribution is 2.22. The maximum atomic E-state index is 12.9. The summed E-state index contributed by atoms with van der Waals surface area (Å²) >= 11 is 0. The van der Waals surface area contributed by atoms with Crippen LogP contribution >= 0.6 is 0 Å². The van der Waals surface area contributed by atoms with Crippen LogP contribution in [0.1, 0.15) is 246 Å². The molecule has 0 aliphatic heterocycles. The smallest absolute Gasteiger partial charge is 0.308 e. The quantitative estimate of drug-likeness (QED) is 0.0358. The van der Waals surface area contributed by atoms with E-state index in [9.17, 15) is 24.3 Å². The molecule has 0 aliphatic carbocycles. The second kappa shape index (κ2) is 45.4. The summed E-state index contributed by atoms with van der Waals surface area (Å²) in [5.74, 6) is -0.718. The summed E-state index contributed by atoms with van der Waals surface area (Å²) < 4.78 is 22.7. The molecular weight excluding hydrogens is 783 g/mol. The summed E-state index contributed by atoms with van der Waals surface area (Å²) in [5, 5.41) is 9.38. The summed E-state index contributed by atoms with van der Waals surface area (Å²) in [6.07, 6.45) is 33.9. The number of hydrogen-bond acceptors (Lipinski definition) is 10. The highest BCUT2D eigenvalue weighted by molar-refractivity contribution is 5.73. The lowest BCUT2D eigenvalue weighted by Gasteiger charge is -2.23. The number of rotatable bonds is 47. The lowest BCUT2D eigenvalue weighted by Crippen LogP contribution is -2.37. The van der Waals surface area contributed by atoms with Crippen LogP contribution in [0.4, 0.5) is 0 Å². The summed E-state index contributed by atoms with van der Waals surface area (Å²) in [5.41, 5.74) is 0. The average Bonchev–Trinajstić information content (AvgIpc) is 3.25. The molecule has 0 amide bonds. The van der Waals surface area contributed by atoms with Gasteiger partial charge in [0.2, 0.25) is 0 Å². The number of esters is 4. The van der Waals surface area contributed by atoms with Crippen molar-refractivity contribution >= 4 is 23.9 Å². The SMILES string of the molecule is CCCCCCCCC(CCCCCC)C(=O)OCCCCCCC(=O)OCC(CN(C)CCO)OC(=O)CCCCCCOC(=O)C(CCCCCC)CCCCCCCC. The number of carbonyl (C=O) groups is 4. The van der Waals surface area contributed by atoms with Gasteiger partial charge in [-0.05, 0) is 58.4 Å². The monoisotopic (exact) mass is 882 g/mol. The number of unbranched alkanes of at least 4 members (excludes halogenated alkanes) is 22. The van der Waals surface area contributed by atoms with Crippen molar-refractivity contribution in [1.82, 2.24) is 4.90 Å². The third kappa shape index (κ3) is 38.3. The van der Waals surface area contributed by atoms with Gasteiger partial charge < -0.3 is 29.0 Å². The first-order valence-electron chi connectivity index (χ1n) is 26.2. The molecule has 3 unspecified atom stereocenters. The standard InChI is InChI=1S/C52H99NO9/c1-6-10-14-18-20-28-36-46(34-26-16-12-8-3)51(57)59-42-32-24-22-30-38-49(55)61-45-48(44-53(5)40-41-54)62-50(56)39-31-23-25-33-43-60-52(58)47(35-27-17-13-9-4)37-29-21-19-15-11-7-2/h46-48,54H,6-45H2,1-5H3. The number of nitrogens with zero attached hydrogens (tertiary/aromatic N) is 1. The minimum atomic E-state index is -0.625. The van der Waals surface area contributed by atoms with Gasteiger partial charge in [0.25, 0.3) is 0 Å². The third-order valence-corrected chi connectivity index (χ3v) is 12.1. The van der Waals surface area contributed by atoms with E-state index in [1.165, 1.54) is 103 Å². The van der Waals surface area contributed by atoms with Gasteiger partial charge in [0.1, 0.15) is 12.7 Å². The molecule has 0 aromatic rings. The van der Waals surface area contributed by atoms with Crippen LogP contribution in [0.5, 0.6) is 0 Å². The number of aliphatic hydroxyl groups is 1. The van der Waals surface area contributed by atoms with E-state index >= 15 is 0 Å². The molecule has 0 bridgehead atoms. The second-order valence-electron chi connectivity index (χ2n) is 18.1.